The van der Waals surface area contributed by atoms with Crippen molar-refractivity contribution in [3.05, 3.63) is 62.2 Å². The second-order valence-electron chi connectivity index (χ2n) is 3.66. The lowest BCUT2D eigenvalue weighted by atomic mass is 10.2. The van der Waals surface area contributed by atoms with Crippen LogP contribution in [0.25, 0.3) is 0 Å². The van der Waals surface area contributed by atoms with Crippen molar-refractivity contribution in [2.24, 2.45) is 0 Å². The Morgan fingerprint density at radius 3 is 1.78 bits per heavy atom. The monoisotopic (exact) mass is 250 g/mol. The van der Waals surface area contributed by atoms with Gasteiger partial charge in [-0.15, -0.1) is 0 Å². The Morgan fingerprint density at radius 2 is 1.39 bits per heavy atom. The van der Waals surface area contributed by atoms with Gasteiger partial charge in [0.25, 0.3) is 0 Å². The van der Waals surface area contributed by atoms with Gasteiger partial charge < -0.3 is 13.9 Å². The average Bonchev–Trinajstić information content (AvgIpc) is 2.34. The van der Waals surface area contributed by atoms with E-state index in [9.17, 15) is 9.59 Å². The Balaban J connectivity index is 0.000000180. The molecule has 18 heavy (non-hydrogen) atoms. The van der Waals surface area contributed by atoms with Crippen LogP contribution in [0.4, 0.5) is 0 Å². The molecule has 0 atom stereocenters. The summed E-state index contributed by atoms with van der Waals surface area (Å²) in [6.45, 7) is 5.05. The molecule has 0 spiro atoms. The molecule has 5 nitrogen and oxygen atoms in total. The zero-order valence-corrected chi connectivity index (χ0v) is 10.4. The third-order valence-electron chi connectivity index (χ3n) is 2.39. The lowest BCUT2D eigenvalue weighted by molar-refractivity contribution is 0.411. The van der Waals surface area contributed by atoms with Crippen LogP contribution >= 0.6 is 0 Å². The van der Waals surface area contributed by atoms with E-state index in [1.54, 1.807) is 13.8 Å². The topological polar surface area (TPSA) is 80.7 Å². The summed E-state index contributed by atoms with van der Waals surface area (Å²) in [6.07, 6.45) is 2.65. The lowest BCUT2D eigenvalue weighted by Gasteiger charge is -1.92. The molecule has 5 heteroatoms. The average molecular weight is 250 g/mol. The number of rotatable bonds is 0. The second kappa shape index (κ2) is 5.86. The van der Waals surface area contributed by atoms with Crippen LogP contribution in [0.15, 0.2) is 43.1 Å². The van der Waals surface area contributed by atoms with E-state index >= 15 is 0 Å². The van der Waals surface area contributed by atoms with E-state index in [0.717, 1.165) is 0 Å². The molecule has 2 rings (SSSR count). The molecule has 0 aliphatic heterocycles. The van der Waals surface area contributed by atoms with Gasteiger partial charge in [-0.3, -0.25) is 9.59 Å². The Kier molecular flexibility index (Phi) is 4.48. The fraction of sp³-hybridized carbons (Fsp3) is 0.231. The molecule has 1 N–H and O–H groups in total. The Labute approximate surface area is 103 Å². The second-order valence-corrected chi connectivity index (χ2v) is 3.66. The highest BCUT2D eigenvalue weighted by atomic mass is 16.4. The lowest BCUT2D eigenvalue weighted by Crippen LogP contribution is -2.03. The van der Waals surface area contributed by atoms with Gasteiger partial charge in [-0.05, 0) is 20.8 Å². The minimum absolute atomic E-state index is 0.0405. The predicted octanol–water partition coefficient (Wildman–Crippen LogP) is 1.91. The first-order valence-corrected chi connectivity index (χ1v) is 5.26. The van der Waals surface area contributed by atoms with Crippen molar-refractivity contribution in [1.82, 2.24) is 0 Å². The molecule has 0 aliphatic carbocycles. The molecular weight excluding hydrogens is 236 g/mol. The summed E-state index contributed by atoms with van der Waals surface area (Å²) in [4.78, 5) is 21.3. The Bertz CT molecular complexity index is 579. The first-order chi connectivity index (χ1) is 8.43. The van der Waals surface area contributed by atoms with Crippen LogP contribution in [0, 0.1) is 20.8 Å². The van der Waals surface area contributed by atoms with Gasteiger partial charge in [0.15, 0.2) is 5.43 Å². The molecule has 0 amide bonds. The molecule has 0 unspecified atom stereocenters. The highest BCUT2D eigenvalue weighted by Gasteiger charge is 1.98. The number of hydrogen-bond acceptors (Lipinski definition) is 5. The van der Waals surface area contributed by atoms with Crippen LogP contribution < -0.4 is 10.9 Å². The first-order valence-electron chi connectivity index (χ1n) is 5.26. The molecule has 0 bridgehead atoms. The summed E-state index contributed by atoms with van der Waals surface area (Å²) >= 11 is 0. The van der Waals surface area contributed by atoms with Crippen LogP contribution in [0.3, 0.4) is 0 Å². The van der Waals surface area contributed by atoms with Crippen molar-refractivity contribution in [3.63, 3.8) is 0 Å². The maximum Gasteiger partial charge on any atom is 0.226 e. The maximum absolute atomic E-state index is 10.8. The van der Waals surface area contributed by atoms with Gasteiger partial charge in [-0.1, -0.05) is 0 Å². The van der Waals surface area contributed by atoms with Gasteiger partial charge in [0, 0.05) is 17.7 Å². The van der Waals surface area contributed by atoms with Crippen molar-refractivity contribution in [1.29, 1.82) is 0 Å². The normalized spacial score (nSPS) is 9.50. The van der Waals surface area contributed by atoms with E-state index in [-0.39, 0.29) is 16.9 Å². The Hall–Kier alpha value is -2.30. The van der Waals surface area contributed by atoms with Crippen LogP contribution in [-0.4, -0.2) is 5.11 Å². The number of hydrogen-bond donors (Lipinski definition) is 1. The Morgan fingerprint density at radius 1 is 0.889 bits per heavy atom. The minimum Gasteiger partial charge on any atom is -0.502 e. The van der Waals surface area contributed by atoms with E-state index in [4.69, 9.17) is 9.52 Å². The van der Waals surface area contributed by atoms with E-state index in [1.165, 1.54) is 31.6 Å². The third kappa shape index (κ3) is 3.35. The van der Waals surface area contributed by atoms with Gasteiger partial charge in [0.2, 0.25) is 11.2 Å². The zero-order chi connectivity index (χ0) is 13.7. The minimum atomic E-state index is -0.404. The smallest absolute Gasteiger partial charge is 0.226 e. The summed E-state index contributed by atoms with van der Waals surface area (Å²) in [5, 5.41) is 8.80. The highest BCUT2D eigenvalue weighted by molar-refractivity contribution is 5.20. The van der Waals surface area contributed by atoms with E-state index in [1.807, 2.05) is 0 Å². The summed E-state index contributed by atoms with van der Waals surface area (Å²) in [7, 11) is 0. The molecule has 0 saturated carbocycles. The van der Waals surface area contributed by atoms with Gasteiger partial charge in [0.05, 0.1) is 12.5 Å². The van der Waals surface area contributed by atoms with Crippen molar-refractivity contribution in [2.45, 2.75) is 20.8 Å². The zero-order valence-electron chi connectivity index (χ0n) is 10.4. The molecule has 0 radical (unpaired) electrons. The molecular formula is C13H14O5. The fourth-order valence-corrected chi connectivity index (χ4v) is 1.09. The maximum atomic E-state index is 10.8. The van der Waals surface area contributed by atoms with Crippen LogP contribution in [0.2, 0.25) is 0 Å². The highest BCUT2D eigenvalue weighted by Crippen LogP contribution is 2.06. The van der Waals surface area contributed by atoms with Crippen molar-refractivity contribution < 1.29 is 13.9 Å². The number of aryl methyl sites for hydroxylation is 2. The molecule has 0 fully saturated rings. The largest absolute Gasteiger partial charge is 0.502 e. The van der Waals surface area contributed by atoms with E-state index in [0.29, 0.717) is 11.3 Å². The quantitative estimate of drug-likeness (QED) is 0.772. The number of aromatic hydroxyl groups is 1. The van der Waals surface area contributed by atoms with Crippen molar-refractivity contribution in [2.75, 3.05) is 0 Å². The molecule has 2 heterocycles. The van der Waals surface area contributed by atoms with Crippen LogP contribution in [0.5, 0.6) is 5.75 Å². The van der Waals surface area contributed by atoms with Crippen molar-refractivity contribution >= 4 is 0 Å². The summed E-state index contributed by atoms with van der Waals surface area (Å²) in [5.74, 6) is 0.641. The molecule has 2 aromatic rings. The third-order valence-corrected chi connectivity index (χ3v) is 2.39. The summed E-state index contributed by atoms with van der Waals surface area (Å²) in [5.41, 5.74) is 0.329. The SMILES string of the molecule is Cc1occc(=O)c1C.Cc1occc(=O)c1O. The molecule has 2 aromatic heterocycles. The summed E-state index contributed by atoms with van der Waals surface area (Å²) in [6, 6.07) is 2.59. The fourth-order valence-electron chi connectivity index (χ4n) is 1.09. The van der Waals surface area contributed by atoms with Gasteiger partial charge in [-0.2, -0.15) is 0 Å². The van der Waals surface area contributed by atoms with Gasteiger partial charge >= 0.3 is 0 Å². The van der Waals surface area contributed by atoms with E-state index < -0.39 is 5.43 Å². The van der Waals surface area contributed by atoms with Crippen LogP contribution in [-0.2, 0) is 0 Å². The van der Waals surface area contributed by atoms with Gasteiger partial charge in [-0.25, -0.2) is 0 Å². The summed E-state index contributed by atoms with van der Waals surface area (Å²) < 4.78 is 9.63. The standard InChI is InChI=1S/C7H8O2.C6H6O3/c1-5-6(2)9-4-3-7(5)8;1-4-6(8)5(7)2-3-9-4/h3-4H,1-2H3;2-3,8H,1H3. The first kappa shape index (κ1) is 13.8. The van der Waals surface area contributed by atoms with Gasteiger partial charge in [0.1, 0.15) is 11.5 Å². The molecule has 0 aromatic carbocycles. The van der Waals surface area contributed by atoms with Crippen molar-refractivity contribution in [3.8, 4) is 5.75 Å². The predicted molar refractivity (Wildman–Crippen MR) is 65.8 cm³/mol. The van der Waals surface area contributed by atoms with Crippen LogP contribution in [0.1, 0.15) is 17.1 Å². The molecule has 0 saturated heterocycles. The molecule has 96 valence electrons. The van der Waals surface area contributed by atoms with E-state index in [2.05, 4.69) is 4.42 Å². The molecule has 0 aliphatic rings.